The summed E-state index contributed by atoms with van der Waals surface area (Å²) in [5, 5.41) is 0.578. The van der Waals surface area contributed by atoms with E-state index in [4.69, 9.17) is 26.1 Å². The van der Waals surface area contributed by atoms with Crippen LogP contribution in [0.1, 0.15) is 49.1 Å². The van der Waals surface area contributed by atoms with Gasteiger partial charge in [-0.3, -0.25) is 14.2 Å². The first-order chi connectivity index (χ1) is 20.7. The van der Waals surface area contributed by atoms with Crippen LogP contribution in [0.15, 0.2) is 87.8 Å². The standard InChI is InChI=1S/C34H34ClN3O4S/c1-6-37(7-2)33(40)30-22(4)36-34-38(31(30)25-13-15-26(35)16-14-25)32(39)29(43-34)19-24-12-17-27(28(18-24)41-5)42-20-23-10-8-21(3)9-11-23/h8-19,31H,6-7,20H2,1-5H3/b29-19+/t31-/m0/s1. The molecule has 4 aromatic rings. The van der Waals surface area contributed by atoms with Crippen LogP contribution < -0.4 is 24.4 Å². The zero-order valence-electron chi connectivity index (χ0n) is 24.9. The molecule has 1 atom stereocenters. The first kappa shape index (κ1) is 30.3. The van der Waals surface area contributed by atoms with E-state index in [1.165, 1.54) is 16.9 Å². The van der Waals surface area contributed by atoms with E-state index in [0.717, 1.165) is 16.7 Å². The maximum absolute atomic E-state index is 14.0. The van der Waals surface area contributed by atoms with E-state index in [9.17, 15) is 9.59 Å². The van der Waals surface area contributed by atoms with Crippen LogP contribution in [0.4, 0.5) is 0 Å². The molecule has 1 amide bonds. The topological polar surface area (TPSA) is 73.1 Å². The number of hydrogen-bond donors (Lipinski definition) is 0. The van der Waals surface area contributed by atoms with Crippen molar-refractivity contribution in [3.63, 3.8) is 0 Å². The van der Waals surface area contributed by atoms with Gasteiger partial charge in [-0.1, -0.05) is 71.0 Å². The maximum Gasteiger partial charge on any atom is 0.271 e. The first-order valence-electron chi connectivity index (χ1n) is 14.2. The smallest absolute Gasteiger partial charge is 0.271 e. The molecular weight excluding hydrogens is 582 g/mol. The fourth-order valence-corrected chi connectivity index (χ4v) is 6.30. The Morgan fingerprint density at radius 2 is 1.72 bits per heavy atom. The molecule has 0 unspecified atom stereocenters. The lowest BCUT2D eigenvalue weighted by Gasteiger charge is -2.29. The highest BCUT2D eigenvalue weighted by molar-refractivity contribution is 7.07. The average molecular weight is 616 g/mol. The van der Waals surface area contributed by atoms with E-state index >= 15 is 0 Å². The highest BCUT2D eigenvalue weighted by Gasteiger charge is 2.34. The van der Waals surface area contributed by atoms with Gasteiger partial charge in [0.15, 0.2) is 16.3 Å². The summed E-state index contributed by atoms with van der Waals surface area (Å²) in [6, 6.07) is 20.4. The number of carbonyl (C=O) groups excluding carboxylic acids is 1. The molecule has 1 aliphatic rings. The highest BCUT2D eigenvalue weighted by atomic mass is 35.5. The van der Waals surface area contributed by atoms with Gasteiger partial charge in [0.1, 0.15) is 6.61 Å². The maximum atomic E-state index is 14.0. The number of fused-ring (bicyclic) bond motifs is 1. The van der Waals surface area contributed by atoms with Crippen LogP contribution in [0.3, 0.4) is 0 Å². The van der Waals surface area contributed by atoms with E-state index in [1.807, 2.05) is 76.2 Å². The number of allylic oxidation sites excluding steroid dienone is 1. The minimum Gasteiger partial charge on any atom is -0.493 e. The number of benzene rings is 3. The molecule has 0 bridgehead atoms. The normalized spacial score (nSPS) is 14.7. The van der Waals surface area contributed by atoms with Gasteiger partial charge < -0.3 is 14.4 Å². The Morgan fingerprint density at radius 1 is 1.02 bits per heavy atom. The average Bonchev–Trinajstić information content (AvgIpc) is 3.31. The molecule has 2 heterocycles. The first-order valence-corrected chi connectivity index (χ1v) is 15.4. The molecule has 0 N–H and O–H groups in total. The summed E-state index contributed by atoms with van der Waals surface area (Å²) >= 11 is 7.49. The number of carbonyl (C=O) groups is 1. The molecule has 5 rings (SSSR count). The fourth-order valence-electron chi connectivity index (χ4n) is 5.13. The minimum atomic E-state index is -0.629. The molecule has 0 saturated heterocycles. The lowest BCUT2D eigenvalue weighted by molar-refractivity contribution is -0.127. The molecule has 0 aliphatic carbocycles. The van der Waals surface area contributed by atoms with Crippen LogP contribution in [-0.2, 0) is 11.4 Å². The van der Waals surface area contributed by atoms with Gasteiger partial charge in [-0.05, 0) is 74.7 Å². The Balaban J connectivity index is 1.55. The van der Waals surface area contributed by atoms with Crippen LogP contribution in [0.5, 0.6) is 11.5 Å². The summed E-state index contributed by atoms with van der Waals surface area (Å²) in [4.78, 5) is 34.8. The number of rotatable bonds is 9. The fraction of sp³-hybridized carbons (Fsp3) is 0.265. The van der Waals surface area contributed by atoms with E-state index in [2.05, 4.69) is 12.1 Å². The number of nitrogens with zero attached hydrogens (tertiary/aromatic N) is 3. The molecule has 9 heteroatoms. The van der Waals surface area contributed by atoms with Gasteiger partial charge in [-0.15, -0.1) is 0 Å². The number of methoxy groups -OCH3 is 1. The third kappa shape index (κ3) is 6.31. The molecule has 7 nitrogen and oxygen atoms in total. The molecule has 0 saturated carbocycles. The quantitative estimate of drug-likeness (QED) is 0.244. The molecule has 0 spiro atoms. The van der Waals surface area contributed by atoms with Crippen molar-refractivity contribution in [3.8, 4) is 11.5 Å². The molecule has 0 fully saturated rings. The number of halogens is 1. The van der Waals surface area contributed by atoms with Crippen LogP contribution in [0.2, 0.25) is 5.02 Å². The molecule has 0 radical (unpaired) electrons. The predicted molar refractivity (Wildman–Crippen MR) is 172 cm³/mol. The van der Waals surface area contributed by atoms with Crippen molar-refractivity contribution in [3.05, 3.63) is 125 Å². The number of ether oxygens (including phenoxy) is 2. The van der Waals surface area contributed by atoms with Crippen LogP contribution >= 0.6 is 22.9 Å². The molecule has 43 heavy (non-hydrogen) atoms. The summed E-state index contributed by atoms with van der Waals surface area (Å²) in [5.74, 6) is 1.04. The van der Waals surface area contributed by atoms with E-state index < -0.39 is 6.04 Å². The van der Waals surface area contributed by atoms with Gasteiger partial charge in [0.2, 0.25) is 0 Å². The van der Waals surface area contributed by atoms with Crippen molar-refractivity contribution >= 4 is 34.9 Å². The van der Waals surface area contributed by atoms with Crippen LogP contribution in [0.25, 0.3) is 6.08 Å². The monoisotopic (exact) mass is 615 g/mol. The number of hydrogen-bond acceptors (Lipinski definition) is 6. The summed E-state index contributed by atoms with van der Waals surface area (Å²) < 4.78 is 13.8. The van der Waals surface area contributed by atoms with Crippen molar-refractivity contribution in [1.82, 2.24) is 9.47 Å². The summed E-state index contributed by atoms with van der Waals surface area (Å²) in [7, 11) is 1.59. The Kier molecular flexibility index (Phi) is 9.18. The molecule has 3 aromatic carbocycles. The Hall–Kier alpha value is -4.14. The molecular formula is C34H34ClN3O4S. The summed E-state index contributed by atoms with van der Waals surface area (Å²) in [6.07, 6.45) is 1.82. The largest absolute Gasteiger partial charge is 0.493 e. The summed E-state index contributed by atoms with van der Waals surface area (Å²) in [5.41, 5.74) is 4.68. The van der Waals surface area contributed by atoms with Gasteiger partial charge >= 0.3 is 0 Å². The Bertz CT molecular complexity index is 1850. The second kappa shape index (κ2) is 13.0. The van der Waals surface area contributed by atoms with Gasteiger partial charge in [0, 0.05) is 18.1 Å². The van der Waals surface area contributed by atoms with E-state index in [1.54, 1.807) is 28.7 Å². The van der Waals surface area contributed by atoms with Gasteiger partial charge in [-0.2, -0.15) is 0 Å². The molecule has 1 aliphatic heterocycles. The van der Waals surface area contributed by atoms with Gasteiger partial charge in [-0.25, -0.2) is 4.99 Å². The number of amides is 1. The zero-order chi connectivity index (χ0) is 30.7. The molecule has 222 valence electrons. The highest BCUT2D eigenvalue weighted by Crippen LogP contribution is 2.32. The lowest BCUT2D eigenvalue weighted by atomic mass is 9.94. The van der Waals surface area contributed by atoms with Crippen LogP contribution in [-0.4, -0.2) is 35.6 Å². The van der Waals surface area contributed by atoms with E-state index in [0.29, 0.717) is 56.8 Å². The van der Waals surface area contributed by atoms with Gasteiger partial charge in [0.05, 0.1) is 29.0 Å². The Morgan fingerprint density at radius 3 is 2.37 bits per heavy atom. The lowest BCUT2D eigenvalue weighted by Crippen LogP contribution is -2.43. The zero-order valence-corrected chi connectivity index (χ0v) is 26.5. The van der Waals surface area contributed by atoms with Crippen molar-refractivity contribution in [2.45, 2.75) is 40.3 Å². The third-order valence-corrected chi connectivity index (χ3v) is 8.72. The van der Waals surface area contributed by atoms with Crippen molar-refractivity contribution in [2.24, 2.45) is 4.99 Å². The summed E-state index contributed by atoms with van der Waals surface area (Å²) in [6.45, 7) is 9.28. The second-order valence-electron chi connectivity index (χ2n) is 10.3. The minimum absolute atomic E-state index is 0.133. The van der Waals surface area contributed by atoms with Crippen molar-refractivity contribution in [2.75, 3.05) is 20.2 Å². The van der Waals surface area contributed by atoms with Crippen molar-refractivity contribution in [1.29, 1.82) is 0 Å². The third-order valence-electron chi connectivity index (χ3n) is 7.49. The van der Waals surface area contributed by atoms with Crippen molar-refractivity contribution < 1.29 is 14.3 Å². The van der Waals surface area contributed by atoms with E-state index in [-0.39, 0.29) is 11.5 Å². The predicted octanol–water partition coefficient (Wildman–Crippen LogP) is 5.65. The van der Waals surface area contributed by atoms with Crippen LogP contribution in [0, 0.1) is 6.92 Å². The number of aromatic nitrogens is 1. The SMILES string of the molecule is CCN(CC)C(=O)C1=C(C)N=c2s/c(=C/c3ccc(OCc4ccc(C)cc4)c(OC)c3)c(=O)n2[C@H]1c1ccc(Cl)cc1. The number of likely N-dealkylation sites (N-methyl/N-ethyl adjacent to an activating group) is 1. The second-order valence-corrected chi connectivity index (χ2v) is 11.7. The number of aryl methyl sites for hydroxylation is 1. The number of thiazole rings is 1. The Labute approximate surface area is 260 Å². The molecule has 1 aromatic heterocycles. The van der Waals surface area contributed by atoms with Gasteiger partial charge in [0.25, 0.3) is 11.5 Å².